The summed E-state index contributed by atoms with van der Waals surface area (Å²) in [6.45, 7) is 3.65. The molecule has 0 aliphatic heterocycles. The van der Waals surface area contributed by atoms with Crippen LogP contribution in [-0.2, 0) is 10.5 Å². The van der Waals surface area contributed by atoms with E-state index < -0.39 is 0 Å². The van der Waals surface area contributed by atoms with Crippen molar-refractivity contribution < 1.29 is 9.32 Å². The molecule has 2 aromatic rings. The summed E-state index contributed by atoms with van der Waals surface area (Å²) in [4.78, 5) is 17.9. The Balaban J connectivity index is 1.66. The molecule has 0 aromatic carbocycles. The molecule has 1 aliphatic carbocycles. The van der Waals surface area contributed by atoms with Crippen molar-refractivity contribution in [2.45, 2.75) is 49.2 Å². The molecule has 0 atom stereocenters. The third kappa shape index (κ3) is 3.41. The van der Waals surface area contributed by atoms with E-state index in [2.05, 4.69) is 20.3 Å². The summed E-state index contributed by atoms with van der Waals surface area (Å²) in [7, 11) is 0. The highest BCUT2D eigenvalue weighted by molar-refractivity contribution is 8.00. The van der Waals surface area contributed by atoms with Crippen molar-refractivity contribution in [1.82, 2.24) is 20.3 Å². The number of hydrogen-bond acceptors (Lipinski definition) is 8. The van der Waals surface area contributed by atoms with Crippen LogP contribution in [0.1, 0.15) is 37.9 Å². The van der Waals surface area contributed by atoms with Crippen molar-refractivity contribution in [3.05, 3.63) is 11.7 Å². The van der Waals surface area contributed by atoms with Gasteiger partial charge < -0.3 is 4.52 Å². The molecule has 3 rings (SSSR count). The molecule has 0 unspecified atom stereocenters. The van der Waals surface area contributed by atoms with Gasteiger partial charge in [-0.1, -0.05) is 35.2 Å². The summed E-state index contributed by atoms with van der Waals surface area (Å²) in [6, 6.07) is 0.307. The summed E-state index contributed by atoms with van der Waals surface area (Å²) in [6.07, 6.45) is 2.59. The van der Waals surface area contributed by atoms with E-state index in [0.29, 0.717) is 35.1 Å². The molecule has 2 aromatic heterocycles. The number of rotatable bonds is 6. The maximum absolute atomic E-state index is 12.0. The van der Waals surface area contributed by atoms with Crippen LogP contribution in [-0.4, -0.2) is 32.3 Å². The normalized spacial score (nSPS) is 14.4. The minimum atomic E-state index is 0.109. The summed E-state index contributed by atoms with van der Waals surface area (Å²) >= 11 is 2.92. The molecule has 112 valence electrons. The van der Waals surface area contributed by atoms with Crippen LogP contribution in [0.3, 0.4) is 0 Å². The molecule has 1 fully saturated rings. The molecule has 1 saturated carbocycles. The third-order valence-electron chi connectivity index (χ3n) is 2.97. The zero-order chi connectivity index (χ0) is 14.8. The van der Waals surface area contributed by atoms with Gasteiger partial charge in [-0.2, -0.15) is 4.98 Å². The first-order valence-electron chi connectivity index (χ1n) is 6.75. The first kappa shape index (κ1) is 14.5. The van der Waals surface area contributed by atoms with E-state index in [4.69, 9.17) is 4.52 Å². The Labute approximate surface area is 130 Å². The highest BCUT2D eigenvalue weighted by atomic mass is 32.2. The molecule has 0 saturated heterocycles. The van der Waals surface area contributed by atoms with E-state index in [1.807, 2.05) is 6.92 Å². The first-order chi connectivity index (χ1) is 10.2. The van der Waals surface area contributed by atoms with Gasteiger partial charge in [0, 0.05) is 12.5 Å². The van der Waals surface area contributed by atoms with Crippen molar-refractivity contribution in [2.24, 2.45) is 0 Å². The number of anilines is 1. The van der Waals surface area contributed by atoms with Gasteiger partial charge in [0.15, 0.2) is 10.2 Å². The average Bonchev–Trinajstić information content (AvgIpc) is 3.04. The summed E-state index contributed by atoms with van der Waals surface area (Å²) in [5.41, 5.74) is 0. The van der Waals surface area contributed by atoms with Gasteiger partial charge in [-0.25, -0.2) is 0 Å². The molecule has 7 nitrogen and oxygen atoms in total. The zero-order valence-electron chi connectivity index (χ0n) is 11.8. The van der Waals surface area contributed by atoms with Crippen LogP contribution in [0.2, 0.25) is 0 Å². The van der Waals surface area contributed by atoms with Crippen LogP contribution in [0.25, 0.3) is 0 Å². The van der Waals surface area contributed by atoms with Crippen molar-refractivity contribution in [3.8, 4) is 0 Å². The van der Waals surface area contributed by atoms with E-state index in [-0.39, 0.29) is 5.91 Å². The van der Waals surface area contributed by atoms with Gasteiger partial charge in [0.1, 0.15) is 0 Å². The number of carbonyl (C=O) groups excluding carboxylic acids is 1. The van der Waals surface area contributed by atoms with Gasteiger partial charge in [-0.05, 0) is 19.8 Å². The lowest BCUT2D eigenvalue weighted by Gasteiger charge is -2.17. The molecule has 2 heterocycles. The molecule has 1 amide bonds. The van der Waals surface area contributed by atoms with Gasteiger partial charge in [0.25, 0.3) is 0 Å². The van der Waals surface area contributed by atoms with Crippen molar-refractivity contribution in [2.75, 3.05) is 4.90 Å². The lowest BCUT2D eigenvalue weighted by Crippen LogP contribution is -2.32. The lowest BCUT2D eigenvalue weighted by atomic mass is 10.4. The molecule has 1 aliphatic rings. The summed E-state index contributed by atoms with van der Waals surface area (Å²) in [5, 5.41) is 12.7. The van der Waals surface area contributed by atoms with Crippen molar-refractivity contribution in [3.63, 3.8) is 0 Å². The van der Waals surface area contributed by atoms with Crippen LogP contribution >= 0.6 is 23.1 Å². The van der Waals surface area contributed by atoms with Gasteiger partial charge in [0.05, 0.1) is 5.75 Å². The van der Waals surface area contributed by atoms with E-state index in [0.717, 1.165) is 17.2 Å². The lowest BCUT2D eigenvalue weighted by molar-refractivity contribution is -0.118. The molecule has 0 bridgehead atoms. The maximum Gasteiger partial charge on any atom is 0.237 e. The highest BCUT2D eigenvalue weighted by Crippen LogP contribution is 2.36. The molecule has 0 spiro atoms. The average molecular weight is 325 g/mol. The second-order valence-electron chi connectivity index (χ2n) is 4.72. The molecular weight excluding hydrogens is 310 g/mol. The van der Waals surface area contributed by atoms with Crippen LogP contribution in [0, 0.1) is 6.92 Å². The predicted molar refractivity (Wildman–Crippen MR) is 79.3 cm³/mol. The fourth-order valence-corrected chi connectivity index (χ4v) is 3.62. The Hall–Kier alpha value is -1.48. The zero-order valence-corrected chi connectivity index (χ0v) is 13.4. The molecule has 0 radical (unpaired) electrons. The van der Waals surface area contributed by atoms with Gasteiger partial charge >= 0.3 is 0 Å². The second kappa shape index (κ2) is 6.10. The molecular formula is C12H15N5O2S2. The predicted octanol–water partition coefficient (Wildman–Crippen LogP) is 2.43. The number of thioether (sulfide) groups is 1. The van der Waals surface area contributed by atoms with Gasteiger partial charge in [-0.15, -0.1) is 10.2 Å². The Morgan fingerprint density at radius 3 is 2.90 bits per heavy atom. The Bertz CT molecular complexity index is 637. The van der Waals surface area contributed by atoms with Crippen LogP contribution < -0.4 is 4.90 Å². The van der Waals surface area contributed by atoms with E-state index in [1.165, 1.54) is 23.1 Å². The van der Waals surface area contributed by atoms with E-state index in [1.54, 1.807) is 11.8 Å². The highest BCUT2D eigenvalue weighted by Gasteiger charge is 2.35. The third-order valence-corrected chi connectivity index (χ3v) is 5.01. The van der Waals surface area contributed by atoms with Crippen molar-refractivity contribution >= 4 is 34.1 Å². The number of hydrogen-bond donors (Lipinski definition) is 0. The monoisotopic (exact) mass is 325 g/mol. The maximum atomic E-state index is 12.0. The van der Waals surface area contributed by atoms with Gasteiger partial charge in [-0.3, -0.25) is 9.69 Å². The minimum absolute atomic E-state index is 0.109. The standard InChI is InChI=1S/C12H15N5O2S2/c1-3-10(18)17(8-4-5-8)11-14-15-12(21-11)20-6-9-13-7(2)16-19-9/h8H,3-6H2,1-2H3. The SMILES string of the molecule is CCC(=O)N(c1nnc(SCc2nc(C)no2)s1)C1CC1. The summed E-state index contributed by atoms with van der Waals surface area (Å²) in [5.74, 6) is 1.85. The minimum Gasteiger partial charge on any atom is -0.338 e. The Morgan fingerprint density at radius 2 is 2.29 bits per heavy atom. The topological polar surface area (TPSA) is 85.0 Å². The number of carbonyl (C=O) groups is 1. The molecule has 21 heavy (non-hydrogen) atoms. The van der Waals surface area contributed by atoms with Gasteiger partial charge in [0.2, 0.25) is 16.9 Å². The fraction of sp³-hybridized carbons (Fsp3) is 0.583. The Kier molecular flexibility index (Phi) is 4.20. The van der Waals surface area contributed by atoms with Crippen LogP contribution in [0.4, 0.5) is 5.13 Å². The number of aryl methyl sites for hydroxylation is 1. The quantitative estimate of drug-likeness (QED) is 0.595. The summed E-state index contributed by atoms with van der Waals surface area (Å²) < 4.78 is 5.86. The number of nitrogens with zero attached hydrogens (tertiary/aromatic N) is 5. The molecule has 9 heteroatoms. The first-order valence-corrected chi connectivity index (χ1v) is 8.55. The van der Waals surface area contributed by atoms with Crippen molar-refractivity contribution in [1.29, 1.82) is 0 Å². The smallest absolute Gasteiger partial charge is 0.237 e. The Morgan fingerprint density at radius 1 is 1.48 bits per heavy atom. The van der Waals surface area contributed by atoms with E-state index >= 15 is 0 Å². The largest absolute Gasteiger partial charge is 0.338 e. The number of aromatic nitrogens is 4. The van der Waals surface area contributed by atoms with E-state index in [9.17, 15) is 4.79 Å². The number of amides is 1. The molecule has 0 N–H and O–H groups in total. The second-order valence-corrected chi connectivity index (χ2v) is 6.90. The fourth-order valence-electron chi connectivity index (χ4n) is 1.85. The van der Waals surface area contributed by atoms with Crippen LogP contribution in [0.15, 0.2) is 8.86 Å². The van der Waals surface area contributed by atoms with Crippen LogP contribution in [0.5, 0.6) is 0 Å².